The number of benzene rings is 2. The molecule has 1 fully saturated rings. The van der Waals surface area contributed by atoms with Crippen molar-refractivity contribution in [1.82, 2.24) is 4.90 Å². The van der Waals surface area contributed by atoms with Gasteiger partial charge >= 0.3 is 5.97 Å². The molecule has 0 saturated carbocycles. The first-order valence-corrected chi connectivity index (χ1v) is 10.7. The van der Waals surface area contributed by atoms with E-state index in [9.17, 15) is 19.5 Å². The van der Waals surface area contributed by atoms with E-state index in [0.29, 0.717) is 36.5 Å². The predicted octanol–water partition coefficient (Wildman–Crippen LogP) is 3.47. The van der Waals surface area contributed by atoms with Gasteiger partial charge in [0.25, 0.3) is 11.7 Å². The summed E-state index contributed by atoms with van der Waals surface area (Å²) in [7, 11) is 1.56. The van der Waals surface area contributed by atoms with Gasteiger partial charge in [-0.15, -0.1) is 0 Å². The Morgan fingerprint density at radius 2 is 1.82 bits per heavy atom. The van der Waals surface area contributed by atoms with Crippen LogP contribution in [0.3, 0.4) is 0 Å². The molecule has 2 aromatic carbocycles. The fraction of sp³-hybridized carbons (Fsp3) is 0.320. The number of hydrogen-bond donors (Lipinski definition) is 1. The molecular weight excluding hydrogens is 426 g/mol. The molecule has 1 amide bonds. The Hall–Kier alpha value is -3.65. The summed E-state index contributed by atoms with van der Waals surface area (Å²) in [5.41, 5.74) is 0.897. The Kier molecular flexibility index (Phi) is 7.84. The summed E-state index contributed by atoms with van der Waals surface area (Å²) >= 11 is 0. The summed E-state index contributed by atoms with van der Waals surface area (Å²) in [6.45, 7) is 4.30. The number of amides is 1. The van der Waals surface area contributed by atoms with E-state index in [1.165, 1.54) is 11.8 Å². The topological polar surface area (TPSA) is 102 Å². The number of rotatable bonds is 9. The maximum absolute atomic E-state index is 13.0. The number of carbonyl (C=O) groups excluding carboxylic acids is 3. The Morgan fingerprint density at radius 1 is 1.09 bits per heavy atom. The highest BCUT2D eigenvalue weighted by Gasteiger charge is 2.45. The molecule has 1 heterocycles. The van der Waals surface area contributed by atoms with Crippen LogP contribution in [0.15, 0.2) is 54.1 Å². The molecule has 8 nitrogen and oxygen atoms in total. The maximum atomic E-state index is 13.0. The molecule has 33 heavy (non-hydrogen) atoms. The molecule has 0 bridgehead atoms. The van der Waals surface area contributed by atoms with Crippen molar-refractivity contribution >= 4 is 23.4 Å². The summed E-state index contributed by atoms with van der Waals surface area (Å²) in [4.78, 5) is 38.8. The SMILES string of the molecule is CCOc1ccc(/C(O)=C2/C(=O)C(=O)N(CCCOC)C2c2cccc(OC(C)=O)c2)cc1. The van der Waals surface area contributed by atoms with Gasteiger partial charge in [-0.2, -0.15) is 0 Å². The van der Waals surface area contributed by atoms with Gasteiger partial charge in [-0.25, -0.2) is 0 Å². The van der Waals surface area contributed by atoms with Gasteiger partial charge in [0.1, 0.15) is 17.3 Å². The van der Waals surface area contributed by atoms with Gasteiger partial charge in [-0.3, -0.25) is 14.4 Å². The average molecular weight is 453 g/mol. The van der Waals surface area contributed by atoms with Crippen LogP contribution in [0.25, 0.3) is 5.76 Å². The highest BCUT2D eigenvalue weighted by molar-refractivity contribution is 6.46. The van der Waals surface area contributed by atoms with Crippen molar-refractivity contribution in [2.24, 2.45) is 0 Å². The van der Waals surface area contributed by atoms with Crippen LogP contribution in [-0.4, -0.2) is 54.5 Å². The van der Waals surface area contributed by atoms with E-state index in [4.69, 9.17) is 14.2 Å². The number of aliphatic hydroxyl groups is 1. The second kappa shape index (κ2) is 10.8. The van der Waals surface area contributed by atoms with Gasteiger partial charge in [0.15, 0.2) is 0 Å². The largest absolute Gasteiger partial charge is 0.507 e. The van der Waals surface area contributed by atoms with Crippen molar-refractivity contribution in [2.75, 3.05) is 26.9 Å². The first kappa shape index (κ1) is 24.0. The molecule has 174 valence electrons. The van der Waals surface area contributed by atoms with Gasteiger partial charge in [0, 0.05) is 32.7 Å². The second-order valence-electron chi connectivity index (χ2n) is 7.46. The summed E-state index contributed by atoms with van der Waals surface area (Å²) in [5.74, 6) is -1.35. The Labute approximate surface area is 192 Å². The number of likely N-dealkylation sites (tertiary alicyclic amines) is 1. The lowest BCUT2D eigenvalue weighted by molar-refractivity contribution is -0.140. The predicted molar refractivity (Wildman–Crippen MR) is 121 cm³/mol. The normalized spacial score (nSPS) is 17.3. The molecule has 8 heteroatoms. The van der Waals surface area contributed by atoms with Gasteiger partial charge in [-0.1, -0.05) is 12.1 Å². The van der Waals surface area contributed by atoms with Gasteiger partial charge in [0.2, 0.25) is 0 Å². The smallest absolute Gasteiger partial charge is 0.308 e. The zero-order valence-electron chi connectivity index (χ0n) is 18.9. The van der Waals surface area contributed by atoms with Gasteiger partial charge in [-0.05, 0) is 55.3 Å². The molecule has 1 unspecified atom stereocenters. The quantitative estimate of drug-likeness (QED) is 0.155. The molecule has 1 N–H and O–H groups in total. The number of nitrogens with zero attached hydrogens (tertiary/aromatic N) is 1. The number of ketones is 1. The Balaban J connectivity index is 2.09. The molecule has 1 aliphatic rings. The molecule has 0 aromatic heterocycles. The first-order valence-electron chi connectivity index (χ1n) is 10.7. The third-order valence-electron chi connectivity index (χ3n) is 5.16. The molecule has 1 aliphatic heterocycles. The van der Waals surface area contributed by atoms with Crippen molar-refractivity contribution < 1.29 is 33.7 Å². The zero-order chi connectivity index (χ0) is 24.0. The monoisotopic (exact) mass is 453 g/mol. The fourth-order valence-corrected chi connectivity index (χ4v) is 3.78. The zero-order valence-corrected chi connectivity index (χ0v) is 18.9. The molecule has 3 rings (SSSR count). The minimum absolute atomic E-state index is 0.0263. The van der Waals surface area contributed by atoms with E-state index < -0.39 is 23.7 Å². The van der Waals surface area contributed by atoms with E-state index in [-0.39, 0.29) is 23.6 Å². The molecule has 2 aromatic rings. The third kappa shape index (κ3) is 5.40. The van der Waals surface area contributed by atoms with Crippen LogP contribution in [0, 0.1) is 0 Å². The Bertz CT molecular complexity index is 1060. The van der Waals surface area contributed by atoms with E-state index in [1.54, 1.807) is 55.6 Å². The van der Waals surface area contributed by atoms with Crippen molar-refractivity contribution in [3.05, 3.63) is 65.2 Å². The lowest BCUT2D eigenvalue weighted by Gasteiger charge is -2.25. The summed E-state index contributed by atoms with van der Waals surface area (Å²) < 4.78 is 15.7. The minimum Gasteiger partial charge on any atom is -0.507 e. The average Bonchev–Trinajstić information content (AvgIpc) is 3.04. The van der Waals surface area contributed by atoms with Crippen LogP contribution in [0.4, 0.5) is 0 Å². The molecule has 0 radical (unpaired) electrons. The number of esters is 1. The van der Waals surface area contributed by atoms with Crippen molar-refractivity contribution in [1.29, 1.82) is 0 Å². The lowest BCUT2D eigenvalue weighted by atomic mass is 9.95. The molecule has 0 spiro atoms. The van der Waals surface area contributed by atoms with Crippen molar-refractivity contribution in [2.45, 2.75) is 26.3 Å². The number of aliphatic hydroxyl groups excluding tert-OH is 1. The van der Waals surface area contributed by atoms with E-state index >= 15 is 0 Å². The maximum Gasteiger partial charge on any atom is 0.308 e. The van der Waals surface area contributed by atoms with Crippen LogP contribution in [0.5, 0.6) is 11.5 Å². The van der Waals surface area contributed by atoms with Crippen LogP contribution in [0.2, 0.25) is 0 Å². The minimum atomic E-state index is -0.844. The van der Waals surface area contributed by atoms with Crippen LogP contribution in [-0.2, 0) is 19.1 Å². The number of carbonyl (C=O) groups is 3. The summed E-state index contributed by atoms with van der Waals surface area (Å²) in [5, 5.41) is 11.1. The van der Waals surface area contributed by atoms with E-state index in [2.05, 4.69) is 0 Å². The summed E-state index contributed by atoms with van der Waals surface area (Å²) in [6.07, 6.45) is 0.507. The first-order chi connectivity index (χ1) is 15.9. The van der Waals surface area contributed by atoms with Crippen LogP contribution >= 0.6 is 0 Å². The molecule has 0 aliphatic carbocycles. The fourth-order valence-electron chi connectivity index (χ4n) is 3.78. The standard InChI is InChI=1S/C25H27NO7/c1-4-32-19-11-9-17(10-12-19)23(28)21-22(18-7-5-8-20(15-18)33-16(2)27)26(13-6-14-31-3)25(30)24(21)29/h5,7-12,15,22,28H,4,6,13-14H2,1-3H3/b23-21-. The summed E-state index contributed by atoms with van der Waals surface area (Å²) in [6, 6.07) is 12.4. The highest BCUT2D eigenvalue weighted by atomic mass is 16.5. The third-order valence-corrected chi connectivity index (χ3v) is 5.16. The van der Waals surface area contributed by atoms with Gasteiger partial charge in [0.05, 0.1) is 18.2 Å². The highest BCUT2D eigenvalue weighted by Crippen LogP contribution is 2.40. The molecule has 1 atom stereocenters. The van der Waals surface area contributed by atoms with Crippen LogP contribution in [0.1, 0.15) is 37.4 Å². The second-order valence-corrected chi connectivity index (χ2v) is 7.46. The van der Waals surface area contributed by atoms with Crippen LogP contribution < -0.4 is 9.47 Å². The lowest BCUT2D eigenvalue weighted by Crippen LogP contribution is -2.31. The molecule has 1 saturated heterocycles. The van der Waals surface area contributed by atoms with Gasteiger partial charge < -0.3 is 24.2 Å². The van der Waals surface area contributed by atoms with Crippen molar-refractivity contribution in [3.63, 3.8) is 0 Å². The van der Waals surface area contributed by atoms with E-state index in [1.807, 2.05) is 6.92 Å². The molecular formula is C25H27NO7. The number of Topliss-reactive ketones (excluding diaryl/α,β-unsaturated/α-hetero) is 1. The number of ether oxygens (including phenoxy) is 3. The Morgan fingerprint density at radius 3 is 2.45 bits per heavy atom. The number of methoxy groups -OCH3 is 1. The number of hydrogen-bond acceptors (Lipinski definition) is 7. The van der Waals surface area contributed by atoms with E-state index in [0.717, 1.165) is 0 Å². The van der Waals surface area contributed by atoms with Crippen molar-refractivity contribution in [3.8, 4) is 11.5 Å².